The number of halogens is 2. The predicted molar refractivity (Wildman–Crippen MR) is 102 cm³/mol. The first-order valence-corrected chi connectivity index (χ1v) is 9.25. The van der Waals surface area contributed by atoms with E-state index in [4.69, 9.17) is 4.74 Å². The molecule has 1 aromatic heterocycles. The van der Waals surface area contributed by atoms with Crippen LogP contribution in [0.4, 0.5) is 14.5 Å². The number of H-pyrrole nitrogens is 1. The van der Waals surface area contributed by atoms with Gasteiger partial charge in [0.2, 0.25) is 0 Å². The quantitative estimate of drug-likeness (QED) is 0.403. The van der Waals surface area contributed by atoms with Crippen LogP contribution in [0.2, 0.25) is 0 Å². The average molecular weight is 410 g/mol. The van der Waals surface area contributed by atoms with Crippen LogP contribution in [0.5, 0.6) is 0 Å². The first kappa shape index (κ1) is 21.6. The normalized spacial score (nSPS) is 12.0. The van der Waals surface area contributed by atoms with Gasteiger partial charge in [-0.1, -0.05) is 11.8 Å². The summed E-state index contributed by atoms with van der Waals surface area (Å²) in [4.78, 5) is 39.4. The van der Waals surface area contributed by atoms with E-state index >= 15 is 0 Å². The van der Waals surface area contributed by atoms with Crippen molar-refractivity contribution < 1.29 is 27.9 Å². The molecule has 0 fully saturated rings. The lowest BCUT2D eigenvalue weighted by molar-refractivity contribution is -0.123. The minimum absolute atomic E-state index is 0.121. The lowest BCUT2D eigenvalue weighted by Gasteiger charge is -2.13. The van der Waals surface area contributed by atoms with Gasteiger partial charge in [0.1, 0.15) is 5.69 Å². The van der Waals surface area contributed by atoms with Crippen molar-refractivity contribution in [2.75, 3.05) is 5.32 Å². The molecule has 1 aromatic carbocycles. The van der Waals surface area contributed by atoms with Crippen molar-refractivity contribution in [1.82, 2.24) is 4.98 Å². The topological polar surface area (TPSA) is 88.3 Å². The zero-order valence-electron chi connectivity index (χ0n) is 15.8. The number of benzene rings is 1. The number of esters is 1. The number of anilines is 1. The molecule has 0 spiro atoms. The number of ketones is 1. The van der Waals surface area contributed by atoms with Crippen LogP contribution in [-0.2, 0) is 9.53 Å². The van der Waals surface area contributed by atoms with Gasteiger partial charge < -0.3 is 15.0 Å². The van der Waals surface area contributed by atoms with Gasteiger partial charge in [-0.25, -0.2) is 4.79 Å². The van der Waals surface area contributed by atoms with E-state index in [9.17, 15) is 23.2 Å². The number of aryl methyl sites for hydroxylation is 1. The van der Waals surface area contributed by atoms with Crippen LogP contribution in [0.3, 0.4) is 0 Å². The van der Waals surface area contributed by atoms with Crippen molar-refractivity contribution in [1.29, 1.82) is 0 Å². The third kappa shape index (κ3) is 5.19. The largest absolute Gasteiger partial charge is 0.448 e. The smallest absolute Gasteiger partial charge is 0.355 e. The monoisotopic (exact) mass is 410 g/mol. The summed E-state index contributed by atoms with van der Waals surface area (Å²) in [6.07, 6.45) is -1.11. The Morgan fingerprint density at radius 3 is 2.25 bits per heavy atom. The van der Waals surface area contributed by atoms with Crippen LogP contribution in [0.25, 0.3) is 0 Å². The van der Waals surface area contributed by atoms with E-state index in [2.05, 4.69) is 10.3 Å². The van der Waals surface area contributed by atoms with E-state index in [0.717, 1.165) is 0 Å². The molecule has 1 atom stereocenters. The Bertz CT molecular complexity index is 894. The maximum atomic E-state index is 12.3. The number of rotatable bonds is 7. The molecular weight excluding hydrogens is 390 g/mol. The van der Waals surface area contributed by atoms with Gasteiger partial charge in [-0.15, -0.1) is 0 Å². The maximum absolute atomic E-state index is 12.3. The van der Waals surface area contributed by atoms with Gasteiger partial charge in [-0.2, -0.15) is 8.78 Å². The van der Waals surface area contributed by atoms with E-state index in [-0.39, 0.29) is 11.5 Å². The highest BCUT2D eigenvalue weighted by Crippen LogP contribution is 2.26. The Morgan fingerprint density at radius 1 is 1.14 bits per heavy atom. The van der Waals surface area contributed by atoms with E-state index < -0.39 is 23.7 Å². The molecule has 2 aromatic rings. The lowest BCUT2D eigenvalue weighted by atomic mass is 10.1. The fourth-order valence-electron chi connectivity index (χ4n) is 2.72. The summed E-state index contributed by atoms with van der Waals surface area (Å²) in [6, 6.07) is 5.87. The molecule has 2 rings (SSSR count). The van der Waals surface area contributed by atoms with Crippen molar-refractivity contribution in [2.24, 2.45) is 0 Å². The number of Topliss-reactive ketones (excluding diaryl/α,β-unsaturated/α-hetero) is 1. The number of carbonyl (C=O) groups is 3. The summed E-state index contributed by atoms with van der Waals surface area (Å²) >= 11 is 0.402. The van der Waals surface area contributed by atoms with Crippen LogP contribution in [0.1, 0.15) is 46.0 Å². The Hall–Kier alpha value is -2.68. The molecule has 28 heavy (non-hydrogen) atoms. The lowest BCUT2D eigenvalue weighted by Crippen LogP contribution is -2.30. The summed E-state index contributed by atoms with van der Waals surface area (Å²) in [5, 5.41) is 2.55. The molecule has 1 amide bonds. The van der Waals surface area contributed by atoms with Gasteiger partial charge in [-0.3, -0.25) is 9.59 Å². The molecule has 0 aliphatic carbocycles. The van der Waals surface area contributed by atoms with Crippen molar-refractivity contribution in [3.05, 3.63) is 46.8 Å². The minimum Gasteiger partial charge on any atom is -0.448 e. The van der Waals surface area contributed by atoms with E-state index in [1.54, 1.807) is 13.8 Å². The number of amides is 1. The summed E-state index contributed by atoms with van der Waals surface area (Å²) in [7, 11) is 0. The van der Waals surface area contributed by atoms with Crippen LogP contribution >= 0.6 is 11.8 Å². The maximum Gasteiger partial charge on any atom is 0.355 e. The number of carbonyl (C=O) groups excluding carboxylic acids is 3. The summed E-state index contributed by atoms with van der Waals surface area (Å²) < 4.78 is 29.8. The van der Waals surface area contributed by atoms with E-state index in [1.807, 2.05) is 0 Å². The second kappa shape index (κ2) is 9.01. The summed E-state index contributed by atoms with van der Waals surface area (Å²) in [5.41, 5.74) is 1.95. The molecule has 0 aliphatic rings. The molecule has 0 bridgehead atoms. The van der Waals surface area contributed by atoms with Crippen molar-refractivity contribution in [3.8, 4) is 0 Å². The first-order valence-electron chi connectivity index (χ1n) is 8.37. The van der Waals surface area contributed by atoms with Crippen LogP contribution in [-0.4, -0.2) is 34.5 Å². The first-order chi connectivity index (χ1) is 13.1. The van der Waals surface area contributed by atoms with Gasteiger partial charge in [0, 0.05) is 21.8 Å². The molecule has 0 saturated carbocycles. The second-order valence-electron chi connectivity index (χ2n) is 6.12. The van der Waals surface area contributed by atoms with Gasteiger partial charge in [0.15, 0.2) is 11.9 Å². The van der Waals surface area contributed by atoms with Crippen LogP contribution in [0.15, 0.2) is 29.2 Å². The summed E-state index contributed by atoms with van der Waals surface area (Å²) in [6.45, 7) is 6.11. The molecule has 0 saturated heterocycles. The number of ether oxygens (including phenoxy) is 1. The highest BCUT2D eigenvalue weighted by atomic mass is 32.2. The Kier molecular flexibility index (Phi) is 6.95. The molecule has 9 heteroatoms. The number of alkyl halides is 2. The number of nitrogens with one attached hydrogen (secondary N) is 2. The van der Waals surface area contributed by atoms with Crippen LogP contribution < -0.4 is 5.32 Å². The third-order valence-electron chi connectivity index (χ3n) is 3.99. The SMILES string of the molecule is CC(=O)c1c(C)[nH]c(C(=O)O[C@@H](C)C(=O)Nc2ccc(SC(F)F)cc2)c1C. The second-order valence-corrected chi connectivity index (χ2v) is 7.18. The number of thioether (sulfide) groups is 1. The molecule has 2 N–H and O–H groups in total. The van der Waals surface area contributed by atoms with Gasteiger partial charge in [0.25, 0.3) is 11.7 Å². The van der Waals surface area contributed by atoms with Gasteiger partial charge in [-0.05, 0) is 57.5 Å². The van der Waals surface area contributed by atoms with Gasteiger partial charge >= 0.3 is 5.97 Å². The van der Waals surface area contributed by atoms with Gasteiger partial charge in [0.05, 0.1) is 0 Å². The predicted octanol–water partition coefficient (Wildman–Crippen LogP) is 4.33. The van der Waals surface area contributed by atoms with Crippen molar-refractivity contribution >= 4 is 35.1 Å². The minimum atomic E-state index is -2.52. The van der Waals surface area contributed by atoms with Crippen molar-refractivity contribution in [2.45, 2.75) is 44.5 Å². The standard InChI is InChI=1S/C19H20F2N2O4S/c1-9-15(11(3)24)10(2)22-16(9)18(26)27-12(4)17(25)23-13-5-7-14(8-6-13)28-19(20)21/h5-8,12,19,22H,1-4H3,(H,23,25)/t12-/m0/s1. The zero-order valence-corrected chi connectivity index (χ0v) is 16.6. The number of hydrogen-bond acceptors (Lipinski definition) is 5. The average Bonchev–Trinajstić information content (AvgIpc) is 2.90. The molecular formula is C19H20F2N2O4S. The third-order valence-corrected chi connectivity index (χ3v) is 4.72. The fraction of sp³-hybridized carbons (Fsp3) is 0.316. The molecule has 0 radical (unpaired) electrons. The van der Waals surface area contributed by atoms with Crippen LogP contribution in [0, 0.1) is 13.8 Å². The Labute approximate surface area is 165 Å². The zero-order chi connectivity index (χ0) is 21.0. The Morgan fingerprint density at radius 2 is 1.75 bits per heavy atom. The molecule has 0 unspecified atom stereocenters. The fourth-order valence-corrected chi connectivity index (χ4v) is 3.22. The molecule has 1 heterocycles. The molecule has 150 valence electrons. The molecule has 6 nitrogen and oxygen atoms in total. The highest BCUT2D eigenvalue weighted by molar-refractivity contribution is 7.99. The van der Waals surface area contributed by atoms with E-state index in [1.165, 1.54) is 38.1 Å². The number of aromatic nitrogens is 1. The van der Waals surface area contributed by atoms with Crippen molar-refractivity contribution in [3.63, 3.8) is 0 Å². The molecule has 0 aliphatic heterocycles. The summed E-state index contributed by atoms with van der Waals surface area (Å²) in [5.74, 6) is -4.03. The number of aromatic amines is 1. The highest BCUT2D eigenvalue weighted by Gasteiger charge is 2.24. The number of hydrogen-bond donors (Lipinski definition) is 2. The van der Waals surface area contributed by atoms with E-state index in [0.29, 0.717) is 39.2 Å². The Balaban J connectivity index is 2.01.